The summed E-state index contributed by atoms with van der Waals surface area (Å²) in [5.41, 5.74) is 2.34. The zero-order chi connectivity index (χ0) is 21.6. The molecule has 9 heteroatoms. The first-order valence-corrected chi connectivity index (χ1v) is 10.9. The molecule has 1 amide bonds. The predicted octanol–water partition coefficient (Wildman–Crippen LogP) is 3.20. The van der Waals surface area contributed by atoms with Crippen LogP contribution < -0.4 is 14.8 Å². The number of amides is 1. The Labute approximate surface area is 174 Å². The van der Waals surface area contributed by atoms with Crippen LogP contribution in [0.25, 0.3) is 6.08 Å². The molecule has 3 rings (SSSR count). The van der Waals surface area contributed by atoms with E-state index in [1.165, 1.54) is 18.2 Å². The second kappa shape index (κ2) is 9.82. The van der Waals surface area contributed by atoms with Gasteiger partial charge < -0.3 is 10.1 Å². The van der Waals surface area contributed by atoms with E-state index in [-0.39, 0.29) is 35.9 Å². The Balaban J connectivity index is 1.53. The van der Waals surface area contributed by atoms with Crippen LogP contribution >= 0.6 is 0 Å². The summed E-state index contributed by atoms with van der Waals surface area (Å²) in [6.07, 6.45) is 2.16. The number of allylic oxidation sites excluding steroid dienone is 1. The van der Waals surface area contributed by atoms with Crippen LogP contribution in [-0.4, -0.2) is 27.5 Å². The fourth-order valence-corrected chi connectivity index (χ4v) is 4.32. The third-order valence-electron chi connectivity index (χ3n) is 4.62. The summed E-state index contributed by atoms with van der Waals surface area (Å²) >= 11 is 0. The van der Waals surface area contributed by atoms with Crippen molar-refractivity contribution >= 4 is 22.0 Å². The first kappa shape index (κ1) is 21.9. The van der Waals surface area contributed by atoms with E-state index >= 15 is 0 Å². The van der Waals surface area contributed by atoms with Gasteiger partial charge in [-0.2, -0.15) is 8.78 Å². The lowest BCUT2D eigenvalue weighted by Gasteiger charge is -2.18. The quantitative estimate of drug-likeness (QED) is 0.632. The maximum Gasteiger partial charge on any atom is 0.387 e. The highest BCUT2D eigenvalue weighted by Crippen LogP contribution is 2.30. The van der Waals surface area contributed by atoms with Crippen LogP contribution in [0.4, 0.5) is 8.78 Å². The molecule has 0 fully saturated rings. The van der Waals surface area contributed by atoms with E-state index in [1.54, 1.807) is 6.07 Å². The van der Waals surface area contributed by atoms with Crippen LogP contribution in [0.15, 0.2) is 53.4 Å². The predicted molar refractivity (Wildman–Crippen MR) is 109 cm³/mol. The van der Waals surface area contributed by atoms with E-state index in [9.17, 15) is 22.0 Å². The van der Waals surface area contributed by atoms with Crippen molar-refractivity contribution < 1.29 is 26.7 Å². The van der Waals surface area contributed by atoms with Gasteiger partial charge in [-0.25, -0.2) is 13.1 Å². The summed E-state index contributed by atoms with van der Waals surface area (Å²) in [4.78, 5) is 12.1. The summed E-state index contributed by atoms with van der Waals surface area (Å²) < 4.78 is 56.5. The van der Waals surface area contributed by atoms with Gasteiger partial charge in [-0.05, 0) is 47.7 Å². The Morgan fingerprint density at radius 2 is 1.87 bits per heavy atom. The first-order valence-electron chi connectivity index (χ1n) is 9.42. The molecule has 6 nitrogen and oxygen atoms in total. The molecule has 2 aromatic rings. The highest BCUT2D eigenvalue weighted by atomic mass is 32.2. The Bertz CT molecular complexity index is 1020. The molecule has 30 heavy (non-hydrogen) atoms. The number of rotatable bonds is 9. The van der Waals surface area contributed by atoms with E-state index in [0.717, 1.165) is 11.1 Å². The van der Waals surface area contributed by atoms with Crippen molar-refractivity contribution in [3.63, 3.8) is 0 Å². The highest BCUT2D eigenvalue weighted by Gasteiger charge is 2.22. The molecule has 1 aliphatic rings. The molecule has 0 unspecified atom stereocenters. The number of benzene rings is 2. The smallest absolute Gasteiger partial charge is 0.387 e. The fraction of sp³-hybridized carbons (Fsp3) is 0.286. The number of fused-ring (bicyclic) bond motifs is 1. The zero-order valence-corrected chi connectivity index (χ0v) is 16.9. The van der Waals surface area contributed by atoms with Crippen LogP contribution in [0.2, 0.25) is 0 Å². The summed E-state index contributed by atoms with van der Waals surface area (Å²) in [5, 5.41) is 2.74. The molecule has 1 aliphatic carbocycles. The van der Waals surface area contributed by atoms with Crippen LogP contribution in [-0.2, 0) is 27.8 Å². The van der Waals surface area contributed by atoms with Crippen molar-refractivity contribution in [1.29, 1.82) is 0 Å². The van der Waals surface area contributed by atoms with Gasteiger partial charge in [-0.3, -0.25) is 4.79 Å². The van der Waals surface area contributed by atoms with Crippen LogP contribution in [0, 0.1) is 0 Å². The minimum atomic E-state index is -3.74. The molecule has 2 N–H and O–H groups in total. The second-order valence-corrected chi connectivity index (χ2v) is 8.58. The largest absolute Gasteiger partial charge is 0.435 e. The van der Waals surface area contributed by atoms with E-state index in [4.69, 9.17) is 0 Å². The lowest BCUT2D eigenvalue weighted by Crippen LogP contribution is -2.31. The number of carbonyl (C=O) groups excluding carboxylic acids is 1. The van der Waals surface area contributed by atoms with E-state index in [2.05, 4.69) is 14.8 Å². The number of hydrogen-bond donors (Lipinski definition) is 2. The standard InChI is InChI=1S/C21H22F2N2O4S/c22-21(23)29-18-8-6-17-13-19(9-7-16(17)12-18)30(27,28)25-11-10-20(26)24-14-15-4-2-1-3-5-15/h1-6,8,12-13,21,25H,7,9-11,14H2,(H,24,26). The highest BCUT2D eigenvalue weighted by molar-refractivity contribution is 7.93. The van der Waals surface area contributed by atoms with Gasteiger partial charge in [0.25, 0.3) is 0 Å². The zero-order valence-electron chi connectivity index (χ0n) is 16.1. The molecule has 0 spiro atoms. The normalized spacial score (nSPS) is 13.5. The van der Waals surface area contributed by atoms with Crippen molar-refractivity contribution in [2.24, 2.45) is 0 Å². The number of carbonyl (C=O) groups is 1. The van der Waals surface area contributed by atoms with Crippen molar-refractivity contribution in [2.45, 2.75) is 32.4 Å². The third-order valence-corrected chi connectivity index (χ3v) is 6.22. The van der Waals surface area contributed by atoms with Gasteiger partial charge in [-0.1, -0.05) is 36.4 Å². The van der Waals surface area contributed by atoms with Crippen LogP contribution in [0.5, 0.6) is 5.75 Å². The molecule has 0 saturated carbocycles. The number of nitrogens with one attached hydrogen (secondary N) is 2. The lowest BCUT2D eigenvalue weighted by atomic mass is 9.97. The number of halogens is 2. The molecule has 0 radical (unpaired) electrons. The van der Waals surface area contributed by atoms with Crippen molar-refractivity contribution in [3.05, 3.63) is 70.1 Å². The van der Waals surface area contributed by atoms with E-state index in [0.29, 0.717) is 18.5 Å². The summed E-state index contributed by atoms with van der Waals surface area (Å²) in [7, 11) is -3.74. The Hall–Kier alpha value is -2.78. The Kier molecular flexibility index (Phi) is 7.17. The van der Waals surface area contributed by atoms with Crippen molar-refractivity contribution in [3.8, 4) is 5.75 Å². The molecule has 2 aromatic carbocycles. The van der Waals surface area contributed by atoms with Crippen LogP contribution in [0.1, 0.15) is 29.5 Å². The molecule has 0 aliphatic heterocycles. The Morgan fingerprint density at radius 1 is 1.10 bits per heavy atom. The lowest BCUT2D eigenvalue weighted by molar-refractivity contribution is -0.121. The number of hydrogen-bond acceptors (Lipinski definition) is 4. The number of ether oxygens (including phenoxy) is 1. The van der Waals surface area contributed by atoms with Gasteiger partial charge in [0.2, 0.25) is 15.9 Å². The molecule has 0 heterocycles. The topological polar surface area (TPSA) is 84.5 Å². The van der Waals surface area contributed by atoms with E-state index in [1.807, 2.05) is 30.3 Å². The van der Waals surface area contributed by atoms with Gasteiger partial charge in [0.1, 0.15) is 5.75 Å². The Morgan fingerprint density at radius 3 is 2.60 bits per heavy atom. The van der Waals surface area contributed by atoms with Crippen molar-refractivity contribution in [2.75, 3.05) is 6.54 Å². The van der Waals surface area contributed by atoms with Gasteiger partial charge >= 0.3 is 6.61 Å². The molecule has 0 bridgehead atoms. The van der Waals surface area contributed by atoms with Gasteiger partial charge in [0, 0.05) is 19.5 Å². The van der Waals surface area contributed by atoms with Crippen LogP contribution in [0.3, 0.4) is 0 Å². The molecular weight excluding hydrogens is 414 g/mol. The summed E-state index contributed by atoms with van der Waals surface area (Å²) in [6.45, 7) is -2.55. The summed E-state index contributed by atoms with van der Waals surface area (Å²) in [6, 6.07) is 13.8. The minimum Gasteiger partial charge on any atom is -0.435 e. The molecule has 0 aromatic heterocycles. The summed E-state index contributed by atoms with van der Waals surface area (Å²) in [5.74, 6) is -0.209. The first-order chi connectivity index (χ1) is 14.3. The average Bonchev–Trinajstić information content (AvgIpc) is 2.72. The SMILES string of the molecule is O=C(CCNS(=O)(=O)C1=Cc2ccc(OC(F)F)cc2CC1)NCc1ccccc1. The maximum atomic E-state index is 12.5. The average molecular weight is 436 g/mol. The molecule has 0 saturated heterocycles. The van der Waals surface area contributed by atoms with E-state index < -0.39 is 16.6 Å². The van der Waals surface area contributed by atoms with Gasteiger partial charge in [0.15, 0.2) is 0 Å². The fourth-order valence-electron chi connectivity index (χ4n) is 3.11. The maximum absolute atomic E-state index is 12.5. The third kappa shape index (κ3) is 6.11. The van der Waals surface area contributed by atoms with Gasteiger partial charge in [-0.15, -0.1) is 0 Å². The van der Waals surface area contributed by atoms with Gasteiger partial charge in [0.05, 0.1) is 4.91 Å². The number of sulfonamides is 1. The second-order valence-electron chi connectivity index (χ2n) is 6.76. The molecular formula is C21H22F2N2O4S. The number of aryl methyl sites for hydroxylation is 1. The monoisotopic (exact) mass is 436 g/mol. The minimum absolute atomic E-state index is 0.0181. The number of alkyl halides is 2. The molecule has 0 atom stereocenters. The molecule has 160 valence electrons. The van der Waals surface area contributed by atoms with Crippen molar-refractivity contribution in [1.82, 2.24) is 10.0 Å².